The first-order valence-electron chi connectivity index (χ1n) is 10.9. The van der Waals surface area contributed by atoms with Crippen LogP contribution >= 0.6 is 0 Å². The van der Waals surface area contributed by atoms with Crippen LogP contribution in [0.1, 0.15) is 21.7 Å². The van der Waals surface area contributed by atoms with Gasteiger partial charge in [-0.1, -0.05) is 6.07 Å². The second kappa shape index (κ2) is 8.63. The van der Waals surface area contributed by atoms with Gasteiger partial charge in [-0.3, -0.25) is 9.78 Å². The number of hydrogen-bond donors (Lipinski definition) is 2. The number of fused-ring (bicyclic) bond motifs is 3. The second-order valence-electron chi connectivity index (χ2n) is 8.31. The normalized spacial score (nSPS) is 11.8. The highest BCUT2D eigenvalue weighted by Crippen LogP contribution is 2.31. The minimum Gasteiger partial charge on any atom is -0.371 e. The van der Waals surface area contributed by atoms with E-state index in [1.54, 1.807) is 26.5 Å². The summed E-state index contributed by atoms with van der Waals surface area (Å²) in [6.07, 6.45) is -1.90. The maximum atomic E-state index is 12.8. The molecule has 0 aromatic carbocycles. The number of aromatic amines is 1. The van der Waals surface area contributed by atoms with Gasteiger partial charge in [-0.05, 0) is 30.3 Å². The lowest BCUT2D eigenvalue weighted by atomic mass is 10.2. The van der Waals surface area contributed by atoms with Crippen molar-refractivity contribution in [1.82, 2.24) is 34.4 Å². The zero-order chi connectivity index (χ0) is 25.6. The molecule has 0 spiro atoms. The lowest BCUT2D eigenvalue weighted by molar-refractivity contribution is -0.141. The number of amides is 1. The number of alkyl halides is 3. The van der Waals surface area contributed by atoms with Crippen LogP contribution in [0.2, 0.25) is 0 Å². The van der Waals surface area contributed by atoms with Crippen LogP contribution in [0.5, 0.6) is 0 Å². The molecule has 1 amide bonds. The Morgan fingerprint density at radius 2 is 1.97 bits per heavy atom. The fraction of sp³-hybridized carbons (Fsp3) is 0.208. The van der Waals surface area contributed by atoms with Gasteiger partial charge in [0.2, 0.25) is 0 Å². The average molecular weight is 494 g/mol. The number of anilines is 1. The van der Waals surface area contributed by atoms with E-state index in [-0.39, 0.29) is 12.1 Å². The molecule has 2 N–H and O–H groups in total. The minimum atomic E-state index is -4.56. The van der Waals surface area contributed by atoms with Crippen LogP contribution in [0.4, 0.5) is 19.0 Å². The van der Waals surface area contributed by atoms with Gasteiger partial charge >= 0.3 is 6.18 Å². The van der Waals surface area contributed by atoms with Crippen molar-refractivity contribution in [2.24, 2.45) is 7.05 Å². The summed E-state index contributed by atoms with van der Waals surface area (Å²) in [4.78, 5) is 34.5. The molecular weight excluding hydrogens is 473 g/mol. The fourth-order valence-corrected chi connectivity index (χ4v) is 4.05. The van der Waals surface area contributed by atoms with E-state index in [0.717, 1.165) is 40.4 Å². The van der Waals surface area contributed by atoms with E-state index in [9.17, 15) is 18.0 Å². The van der Waals surface area contributed by atoms with Crippen molar-refractivity contribution in [3.63, 3.8) is 0 Å². The summed E-state index contributed by atoms with van der Waals surface area (Å²) >= 11 is 0. The molecule has 0 fully saturated rings. The van der Waals surface area contributed by atoms with E-state index in [0.29, 0.717) is 22.9 Å². The molecular formula is C24H21F3N8O. The van der Waals surface area contributed by atoms with Gasteiger partial charge in [-0.25, -0.2) is 15.0 Å². The Hall–Kier alpha value is -4.48. The Morgan fingerprint density at radius 3 is 2.67 bits per heavy atom. The van der Waals surface area contributed by atoms with Crippen LogP contribution in [-0.2, 0) is 19.8 Å². The van der Waals surface area contributed by atoms with E-state index >= 15 is 0 Å². The maximum Gasteiger partial charge on any atom is 0.433 e. The molecule has 0 unspecified atom stereocenters. The number of carbonyl (C=O) groups excluding carboxylic acids is 1. The minimum absolute atomic E-state index is 0.0591. The summed E-state index contributed by atoms with van der Waals surface area (Å²) in [6, 6.07) is 9.32. The molecule has 0 saturated carbocycles. The summed E-state index contributed by atoms with van der Waals surface area (Å²) in [6.45, 7) is 0.155. The quantitative estimate of drug-likeness (QED) is 0.379. The number of nitrogens with one attached hydrogen (secondary N) is 2. The number of hydrogen-bond acceptors (Lipinski definition) is 6. The lowest BCUT2D eigenvalue weighted by Crippen LogP contribution is -2.27. The van der Waals surface area contributed by atoms with Crippen molar-refractivity contribution in [1.29, 1.82) is 0 Å². The molecule has 36 heavy (non-hydrogen) atoms. The SMILES string of the molecule is CNc1nc2[nH]c(-c3cccc(CN(C)C(=O)c4ccc(C(F)(F)F)nc4)n3)cc2c2c1ncn2C. The standard InChI is InChI=1S/C24H21F3N8O/c1-28-22-19-20(35(3)12-30-19)15-9-17(32-21(15)33-22)16-6-4-5-14(31-16)11-34(2)23(36)13-7-8-18(29-10-13)24(25,26)27/h4-10,12H,11H2,1-3H3,(H2,28,32,33). The maximum absolute atomic E-state index is 12.8. The highest BCUT2D eigenvalue weighted by Gasteiger charge is 2.32. The summed E-state index contributed by atoms with van der Waals surface area (Å²) in [5, 5.41) is 3.97. The summed E-state index contributed by atoms with van der Waals surface area (Å²) < 4.78 is 40.2. The predicted octanol–water partition coefficient (Wildman–Crippen LogP) is 4.24. The highest BCUT2D eigenvalue weighted by molar-refractivity contribution is 6.07. The predicted molar refractivity (Wildman–Crippen MR) is 128 cm³/mol. The first kappa shape index (κ1) is 23.3. The third kappa shape index (κ3) is 4.10. The van der Waals surface area contributed by atoms with Gasteiger partial charge in [0.1, 0.15) is 16.9 Å². The molecule has 0 atom stereocenters. The Labute approximate surface area is 203 Å². The van der Waals surface area contributed by atoms with Crippen molar-refractivity contribution in [2.75, 3.05) is 19.4 Å². The molecule has 0 aliphatic carbocycles. The Kier molecular flexibility index (Phi) is 5.58. The van der Waals surface area contributed by atoms with Gasteiger partial charge in [0.25, 0.3) is 5.91 Å². The van der Waals surface area contributed by atoms with Crippen LogP contribution in [0.3, 0.4) is 0 Å². The van der Waals surface area contributed by atoms with Gasteiger partial charge in [0.05, 0.1) is 41.0 Å². The smallest absolute Gasteiger partial charge is 0.371 e. The Balaban J connectivity index is 1.41. The molecule has 0 saturated heterocycles. The van der Waals surface area contributed by atoms with Gasteiger partial charge in [0, 0.05) is 32.7 Å². The first-order chi connectivity index (χ1) is 17.2. The molecule has 5 heterocycles. The van der Waals surface area contributed by atoms with Gasteiger partial charge in [-0.15, -0.1) is 0 Å². The molecule has 9 nitrogen and oxygen atoms in total. The molecule has 12 heteroatoms. The summed E-state index contributed by atoms with van der Waals surface area (Å²) in [7, 11) is 5.26. The average Bonchev–Trinajstić information content (AvgIpc) is 3.46. The molecule has 5 rings (SSSR count). The number of rotatable bonds is 5. The third-order valence-electron chi connectivity index (χ3n) is 5.80. The van der Waals surface area contributed by atoms with Gasteiger partial charge in [-0.2, -0.15) is 13.2 Å². The molecule has 184 valence electrons. The van der Waals surface area contributed by atoms with Crippen molar-refractivity contribution in [3.05, 3.63) is 65.9 Å². The molecule has 0 bridgehead atoms. The summed E-state index contributed by atoms with van der Waals surface area (Å²) in [5.41, 5.74) is 3.39. The number of imidazole rings is 1. The van der Waals surface area contributed by atoms with E-state index in [1.165, 1.54) is 4.90 Å². The van der Waals surface area contributed by atoms with Crippen molar-refractivity contribution in [3.8, 4) is 11.4 Å². The molecule has 0 aliphatic heterocycles. The zero-order valence-electron chi connectivity index (χ0n) is 19.6. The molecule has 0 radical (unpaired) electrons. The molecule has 0 aliphatic rings. The van der Waals surface area contributed by atoms with E-state index in [1.807, 2.05) is 29.8 Å². The Morgan fingerprint density at radius 1 is 1.17 bits per heavy atom. The number of H-pyrrole nitrogens is 1. The van der Waals surface area contributed by atoms with Crippen LogP contribution in [0.15, 0.2) is 48.9 Å². The number of halogens is 3. The van der Waals surface area contributed by atoms with Crippen LogP contribution < -0.4 is 5.32 Å². The summed E-state index contributed by atoms with van der Waals surface area (Å²) in [5.74, 6) is 0.197. The van der Waals surface area contributed by atoms with Crippen LogP contribution in [-0.4, -0.2) is 54.4 Å². The monoisotopic (exact) mass is 494 g/mol. The third-order valence-corrected chi connectivity index (χ3v) is 5.80. The number of nitrogens with zero attached hydrogens (tertiary/aromatic N) is 6. The fourth-order valence-electron chi connectivity index (χ4n) is 4.05. The lowest BCUT2D eigenvalue weighted by Gasteiger charge is -2.17. The zero-order valence-corrected chi connectivity index (χ0v) is 19.6. The number of aryl methyl sites for hydroxylation is 1. The van der Waals surface area contributed by atoms with Crippen molar-refractivity contribution >= 4 is 33.8 Å². The second-order valence-corrected chi connectivity index (χ2v) is 8.31. The van der Waals surface area contributed by atoms with Crippen LogP contribution in [0, 0.1) is 0 Å². The number of aromatic nitrogens is 6. The van der Waals surface area contributed by atoms with E-state index < -0.39 is 17.8 Å². The van der Waals surface area contributed by atoms with Gasteiger partial charge in [0.15, 0.2) is 5.82 Å². The topological polar surface area (TPSA) is 105 Å². The molecule has 5 aromatic heterocycles. The number of pyridine rings is 3. The van der Waals surface area contributed by atoms with Gasteiger partial charge < -0.3 is 19.8 Å². The van der Waals surface area contributed by atoms with Crippen molar-refractivity contribution in [2.45, 2.75) is 12.7 Å². The number of carbonyl (C=O) groups is 1. The molecule has 5 aromatic rings. The van der Waals surface area contributed by atoms with Crippen LogP contribution in [0.25, 0.3) is 33.5 Å². The first-order valence-corrected chi connectivity index (χ1v) is 10.9. The van der Waals surface area contributed by atoms with Crippen molar-refractivity contribution < 1.29 is 18.0 Å². The van der Waals surface area contributed by atoms with E-state index in [4.69, 9.17) is 0 Å². The Bertz CT molecular complexity index is 1590. The largest absolute Gasteiger partial charge is 0.433 e. The highest BCUT2D eigenvalue weighted by atomic mass is 19.4. The van der Waals surface area contributed by atoms with E-state index in [2.05, 4.69) is 30.2 Å².